The smallest absolute Gasteiger partial charge is 0.191 e. The van der Waals surface area contributed by atoms with E-state index in [1.54, 1.807) is 24.5 Å². The van der Waals surface area contributed by atoms with Crippen molar-refractivity contribution >= 4 is 5.96 Å². The van der Waals surface area contributed by atoms with Gasteiger partial charge in [0, 0.05) is 37.7 Å². The van der Waals surface area contributed by atoms with Crippen LogP contribution in [0.5, 0.6) is 0 Å². The summed E-state index contributed by atoms with van der Waals surface area (Å²) < 4.78 is 2.02. The maximum Gasteiger partial charge on any atom is 0.191 e. The first-order valence-corrected chi connectivity index (χ1v) is 8.71. The molecule has 0 radical (unpaired) electrons. The minimum atomic E-state index is -0.631. The highest BCUT2D eigenvalue weighted by molar-refractivity contribution is 5.79. The van der Waals surface area contributed by atoms with E-state index in [1.165, 1.54) is 5.69 Å². The molecule has 0 aliphatic rings. The minimum absolute atomic E-state index is 0.302. The van der Waals surface area contributed by atoms with Crippen molar-refractivity contribution in [2.75, 3.05) is 19.6 Å². The lowest BCUT2D eigenvalue weighted by molar-refractivity contribution is 0.187. The van der Waals surface area contributed by atoms with Crippen LogP contribution in [-0.4, -0.2) is 45.5 Å². The van der Waals surface area contributed by atoms with Gasteiger partial charge >= 0.3 is 0 Å². The molecule has 2 rings (SSSR count). The van der Waals surface area contributed by atoms with Crippen LogP contribution < -0.4 is 10.6 Å². The number of nitrogens with one attached hydrogen (secondary N) is 2. The Morgan fingerprint density at radius 1 is 1.28 bits per heavy atom. The molecular weight excluding hydrogens is 316 g/mol. The number of nitrogens with zero attached hydrogens (tertiary/aromatic N) is 4. The van der Waals surface area contributed by atoms with E-state index in [-0.39, 0.29) is 0 Å². The second-order valence-corrected chi connectivity index (χ2v) is 5.95. The summed E-state index contributed by atoms with van der Waals surface area (Å²) in [5.41, 5.74) is 3.04. The second-order valence-electron chi connectivity index (χ2n) is 5.95. The first-order valence-electron chi connectivity index (χ1n) is 8.71. The van der Waals surface area contributed by atoms with Gasteiger partial charge in [-0.15, -0.1) is 0 Å². The number of hydrogen-bond acceptors (Lipinski definition) is 4. The summed E-state index contributed by atoms with van der Waals surface area (Å²) in [5.74, 6) is 0.712. The Morgan fingerprint density at radius 2 is 2.04 bits per heavy atom. The van der Waals surface area contributed by atoms with E-state index in [4.69, 9.17) is 0 Å². The molecule has 0 aromatic carbocycles. The Balaban J connectivity index is 1.80. The summed E-state index contributed by atoms with van der Waals surface area (Å²) in [4.78, 5) is 8.41. The van der Waals surface area contributed by atoms with E-state index in [0.717, 1.165) is 37.3 Å². The molecule has 2 heterocycles. The molecule has 1 unspecified atom stereocenters. The molecule has 0 fully saturated rings. The average Bonchev–Trinajstić information content (AvgIpc) is 2.94. The van der Waals surface area contributed by atoms with Crippen molar-refractivity contribution < 1.29 is 5.11 Å². The van der Waals surface area contributed by atoms with Crippen molar-refractivity contribution in [3.8, 4) is 0 Å². The van der Waals surface area contributed by atoms with Crippen LogP contribution in [0.15, 0.2) is 35.6 Å². The highest BCUT2D eigenvalue weighted by atomic mass is 16.3. The normalized spacial score (nSPS) is 12.9. The third-order valence-corrected chi connectivity index (χ3v) is 3.80. The van der Waals surface area contributed by atoms with Gasteiger partial charge in [0.1, 0.15) is 0 Å². The number of aryl methyl sites for hydroxylation is 3. The number of aromatic nitrogens is 3. The molecule has 0 saturated carbocycles. The molecule has 25 heavy (non-hydrogen) atoms. The molecule has 2 aromatic heterocycles. The number of guanidine groups is 1. The Bertz CT molecular complexity index is 667. The number of aliphatic hydroxyl groups is 1. The van der Waals surface area contributed by atoms with Crippen molar-refractivity contribution in [2.24, 2.45) is 4.99 Å². The third kappa shape index (κ3) is 6.19. The fourth-order valence-electron chi connectivity index (χ4n) is 2.55. The van der Waals surface area contributed by atoms with Crippen LogP contribution >= 0.6 is 0 Å². The number of pyridine rings is 1. The molecule has 3 N–H and O–H groups in total. The summed E-state index contributed by atoms with van der Waals surface area (Å²) in [6.07, 6.45) is 3.66. The van der Waals surface area contributed by atoms with Crippen LogP contribution in [0.1, 0.15) is 36.4 Å². The molecule has 7 heteroatoms. The number of rotatable bonds is 8. The topological polar surface area (TPSA) is 87.4 Å². The molecule has 0 aliphatic carbocycles. The Hall–Kier alpha value is -2.41. The Kier molecular flexibility index (Phi) is 7.40. The fraction of sp³-hybridized carbons (Fsp3) is 0.500. The summed E-state index contributed by atoms with van der Waals surface area (Å²) in [5, 5.41) is 21.1. The maximum absolute atomic E-state index is 10.2. The van der Waals surface area contributed by atoms with Gasteiger partial charge < -0.3 is 15.7 Å². The SMILES string of the molecule is CCNC(=NCC(O)c1ccncc1)NCCCn1nc(C)cc1C. The van der Waals surface area contributed by atoms with Crippen molar-refractivity contribution in [2.45, 2.75) is 39.8 Å². The second kappa shape index (κ2) is 9.78. The first-order chi connectivity index (χ1) is 12.1. The summed E-state index contributed by atoms with van der Waals surface area (Å²) in [7, 11) is 0. The highest BCUT2D eigenvalue weighted by Crippen LogP contribution is 2.10. The molecule has 0 bridgehead atoms. The maximum atomic E-state index is 10.2. The van der Waals surface area contributed by atoms with Gasteiger partial charge in [-0.3, -0.25) is 14.7 Å². The van der Waals surface area contributed by atoms with E-state index in [9.17, 15) is 5.11 Å². The number of hydrogen-bond donors (Lipinski definition) is 3. The molecule has 0 aliphatic heterocycles. The molecule has 2 aromatic rings. The molecule has 0 spiro atoms. The van der Waals surface area contributed by atoms with Gasteiger partial charge in [0.05, 0.1) is 18.3 Å². The van der Waals surface area contributed by atoms with Crippen LogP contribution in [0, 0.1) is 13.8 Å². The van der Waals surface area contributed by atoms with E-state index >= 15 is 0 Å². The lowest BCUT2D eigenvalue weighted by Gasteiger charge is -2.13. The predicted octanol–water partition coefficient (Wildman–Crippen LogP) is 1.57. The molecule has 0 saturated heterocycles. The molecule has 0 amide bonds. The van der Waals surface area contributed by atoms with E-state index in [1.807, 2.05) is 18.5 Å². The van der Waals surface area contributed by atoms with Gasteiger partial charge in [-0.05, 0) is 51.0 Å². The minimum Gasteiger partial charge on any atom is -0.386 e. The largest absolute Gasteiger partial charge is 0.386 e. The Morgan fingerprint density at radius 3 is 2.68 bits per heavy atom. The van der Waals surface area contributed by atoms with Gasteiger partial charge in [0.15, 0.2) is 5.96 Å². The van der Waals surface area contributed by atoms with Crippen LogP contribution in [0.2, 0.25) is 0 Å². The van der Waals surface area contributed by atoms with E-state index in [2.05, 4.69) is 38.7 Å². The summed E-state index contributed by atoms with van der Waals surface area (Å²) >= 11 is 0. The highest BCUT2D eigenvalue weighted by Gasteiger charge is 2.07. The quantitative estimate of drug-likeness (QED) is 0.384. The van der Waals surface area contributed by atoms with Crippen LogP contribution in [0.3, 0.4) is 0 Å². The summed E-state index contributed by atoms with van der Waals surface area (Å²) in [6, 6.07) is 5.68. The zero-order valence-corrected chi connectivity index (χ0v) is 15.2. The van der Waals surface area contributed by atoms with E-state index in [0.29, 0.717) is 12.5 Å². The third-order valence-electron chi connectivity index (χ3n) is 3.80. The first kappa shape index (κ1) is 18.9. The van der Waals surface area contributed by atoms with Gasteiger partial charge in [-0.2, -0.15) is 5.10 Å². The standard InChI is InChI=1S/C18H28N6O/c1-4-20-18(22-13-17(25)16-6-9-19-10-7-16)21-8-5-11-24-15(3)12-14(2)23-24/h6-7,9-10,12,17,25H,4-5,8,11,13H2,1-3H3,(H2,20,21,22). The lowest BCUT2D eigenvalue weighted by atomic mass is 10.1. The van der Waals surface area contributed by atoms with Crippen LogP contribution in [-0.2, 0) is 6.54 Å². The van der Waals surface area contributed by atoms with Gasteiger partial charge in [0.2, 0.25) is 0 Å². The number of aliphatic hydroxyl groups excluding tert-OH is 1. The van der Waals surface area contributed by atoms with E-state index < -0.39 is 6.10 Å². The lowest BCUT2D eigenvalue weighted by Crippen LogP contribution is -2.38. The average molecular weight is 344 g/mol. The van der Waals surface area contributed by atoms with Gasteiger partial charge in [-0.25, -0.2) is 0 Å². The zero-order valence-electron chi connectivity index (χ0n) is 15.2. The predicted molar refractivity (Wildman–Crippen MR) is 99.5 cm³/mol. The van der Waals surface area contributed by atoms with Crippen molar-refractivity contribution in [1.82, 2.24) is 25.4 Å². The van der Waals surface area contributed by atoms with Gasteiger partial charge in [-0.1, -0.05) is 0 Å². The molecular formula is C18H28N6O. The van der Waals surface area contributed by atoms with Crippen molar-refractivity contribution in [3.63, 3.8) is 0 Å². The summed E-state index contributed by atoms with van der Waals surface area (Å²) in [6.45, 7) is 8.82. The van der Waals surface area contributed by atoms with Gasteiger partial charge in [0.25, 0.3) is 0 Å². The molecule has 7 nitrogen and oxygen atoms in total. The van der Waals surface area contributed by atoms with Crippen LogP contribution in [0.25, 0.3) is 0 Å². The number of aliphatic imine (C=N–C) groups is 1. The fourth-order valence-corrected chi connectivity index (χ4v) is 2.55. The zero-order chi connectivity index (χ0) is 18.1. The van der Waals surface area contributed by atoms with Crippen LogP contribution in [0.4, 0.5) is 0 Å². The van der Waals surface area contributed by atoms with Crippen molar-refractivity contribution in [1.29, 1.82) is 0 Å². The Labute approximate surface area is 149 Å². The molecule has 1 atom stereocenters. The van der Waals surface area contributed by atoms with Crippen molar-refractivity contribution in [3.05, 3.63) is 47.5 Å². The monoisotopic (exact) mass is 344 g/mol. The molecule has 136 valence electrons.